The number of rotatable bonds is 5. The Morgan fingerprint density at radius 1 is 0.545 bits per heavy atom. The molecule has 0 aliphatic rings. The maximum Gasteiger partial charge on any atom is 0.150 e. The van der Waals surface area contributed by atoms with Gasteiger partial charge in [0.25, 0.3) is 0 Å². The second-order valence-electron chi connectivity index (χ2n) is 8.19. The zero-order valence-corrected chi connectivity index (χ0v) is 18.0. The molecule has 4 heteroatoms. The lowest BCUT2D eigenvalue weighted by molar-refractivity contribution is 0.478. The number of ether oxygens (including phenoxy) is 1. The molecular weight excluding hydrogens is 406 g/mol. The highest BCUT2D eigenvalue weighted by molar-refractivity contribution is 5.89. The van der Waals surface area contributed by atoms with Gasteiger partial charge in [-0.2, -0.15) is 0 Å². The highest BCUT2D eigenvalue weighted by Gasteiger charge is 2.26. The monoisotopic (exact) mass is 429 g/mol. The van der Waals surface area contributed by atoms with Crippen molar-refractivity contribution >= 4 is 27.5 Å². The highest BCUT2D eigenvalue weighted by Crippen LogP contribution is 2.43. The number of aromatic amines is 2. The van der Waals surface area contributed by atoms with Gasteiger partial charge >= 0.3 is 0 Å². The van der Waals surface area contributed by atoms with Crippen LogP contribution in [-0.4, -0.2) is 9.97 Å². The van der Waals surface area contributed by atoms with Crippen LogP contribution < -0.4 is 10.5 Å². The van der Waals surface area contributed by atoms with Crippen LogP contribution in [0.1, 0.15) is 22.6 Å². The van der Waals surface area contributed by atoms with Crippen molar-refractivity contribution in [1.82, 2.24) is 9.97 Å². The van der Waals surface area contributed by atoms with Gasteiger partial charge in [0, 0.05) is 45.7 Å². The summed E-state index contributed by atoms with van der Waals surface area (Å²) in [6, 6.07) is 32.6. The summed E-state index contributed by atoms with van der Waals surface area (Å²) in [7, 11) is 0. The Morgan fingerprint density at radius 2 is 1.06 bits per heavy atom. The van der Waals surface area contributed by atoms with Crippen molar-refractivity contribution in [2.75, 3.05) is 5.73 Å². The lowest BCUT2D eigenvalue weighted by Crippen LogP contribution is -2.05. The van der Waals surface area contributed by atoms with Crippen molar-refractivity contribution in [2.24, 2.45) is 0 Å². The van der Waals surface area contributed by atoms with Crippen LogP contribution in [0.4, 0.5) is 5.69 Å². The molecule has 2 heterocycles. The molecule has 4 nitrogen and oxygen atoms in total. The van der Waals surface area contributed by atoms with E-state index in [-0.39, 0.29) is 5.92 Å². The number of hydrogen-bond donors (Lipinski definition) is 3. The number of hydrogen-bond acceptors (Lipinski definition) is 2. The van der Waals surface area contributed by atoms with Crippen molar-refractivity contribution in [2.45, 2.75) is 5.92 Å². The largest absolute Gasteiger partial charge is 0.455 e. The summed E-state index contributed by atoms with van der Waals surface area (Å²) in [5, 5.41) is 2.39. The molecule has 0 saturated carbocycles. The van der Waals surface area contributed by atoms with Gasteiger partial charge in [0.1, 0.15) is 11.5 Å². The Morgan fingerprint density at radius 3 is 1.70 bits per heavy atom. The maximum atomic E-state index is 6.40. The van der Waals surface area contributed by atoms with Crippen LogP contribution in [0.15, 0.2) is 109 Å². The number of nitrogen functional groups attached to an aromatic ring is 1. The molecule has 0 unspecified atom stereocenters. The van der Waals surface area contributed by atoms with Gasteiger partial charge in [0.15, 0.2) is 0 Å². The number of para-hydroxylation sites is 5. The van der Waals surface area contributed by atoms with Gasteiger partial charge in [-0.1, -0.05) is 66.7 Å². The molecule has 6 aromatic rings. The van der Waals surface area contributed by atoms with Gasteiger partial charge in [0.05, 0.1) is 5.69 Å². The number of anilines is 1. The summed E-state index contributed by atoms with van der Waals surface area (Å²) in [5.74, 6) is 1.40. The van der Waals surface area contributed by atoms with E-state index in [4.69, 9.17) is 10.5 Å². The van der Waals surface area contributed by atoms with E-state index in [2.05, 4.69) is 83.0 Å². The minimum atomic E-state index is -0.0431. The SMILES string of the molecule is Nc1ccccc1Oc1ccccc1C(c1c[nH]c2ccccc12)c1c[nH]c2ccccc12. The van der Waals surface area contributed by atoms with Gasteiger partial charge in [-0.05, 0) is 41.5 Å². The summed E-state index contributed by atoms with van der Waals surface area (Å²) in [6.45, 7) is 0. The number of aromatic nitrogens is 2. The first-order chi connectivity index (χ1) is 16.3. The molecule has 0 spiro atoms. The van der Waals surface area contributed by atoms with Crippen LogP contribution in [0.3, 0.4) is 0 Å². The van der Waals surface area contributed by atoms with Crippen LogP contribution in [-0.2, 0) is 0 Å². The Kier molecular flexibility index (Phi) is 4.62. The molecule has 2 aromatic heterocycles. The molecule has 0 atom stereocenters. The van der Waals surface area contributed by atoms with Crippen LogP contribution in [0.2, 0.25) is 0 Å². The van der Waals surface area contributed by atoms with E-state index in [1.165, 1.54) is 21.9 Å². The topological polar surface area (TPSA) is 66.8 Å². The molecule has 0 fully saturated rings. The van der Waals surface area contributed by atoms with Crippen LogP contribution in [0.25, 0.3) is 21.8 Å². The van der Waals surface area contributed by atoms with Crippen LogP contribution in [0.5, 0.6) is 11.5 Å². The second kappa shape index (κ2) is 7.92. The van der Waals surface area contributed by atoms with Gasteiger partial charge in [-0.15, -0.1) is 0 Å². The third-order valence-electron chi connectivity index (χ3n) is 6.23. The summed E-state index contributed by atoms with van der Waals surface area (Å²) < 4.78 is 6.40. The first-order valence-electron chi connectivity index (χ1n) is 11.0. The third kappa shape index (κ3) is 3.33. The smallest absolute Gasteiger partial charge is 0.150 e. The van der Waals surface area contributed by atoms with Gasteiger partial charge in [-0.3, -0.25) is 0 Å². The number of benzene rings is 4. The Balaban J connectivity index is 1.59. The number of H-pyrrole nitrogens is 2. The predicted molar refractivity (Wildman–Crippen MR) is 135 cm³/mol. The second-order valence-corrected chi connectivity index (χ2v) is 8.19. The quantitative estimate of drug-likeness (QED) is 0.254. The minimum Gasteiger partial charge on any atom is -0.455 e. The average Bonchev–Trinajstić information content (AvgIpc) is 3.47. The first kappa shape index (κ1) is 19.3. The third-order valence-corrected chi connectivity index (χ3v) is 6.23. The zero-order chi connectivity index (χ0) is 22.2. The summed E-state index contributed by atoms with van der Waals surface area (Å²) in [5.41, 5.74) is 12.5. The molecule has 0 aliphatic carbocycles. The molecular formula is C29H23N3O. The van der Waals surface area contributed by atoms with E-state index in [1.54, 1.807) is 0 Å². The molecule has 4 aromatic carbocycles. The summed E-state index contributed by atoms with van der Waals surface area (Å²) >= 11 is 0. The van der Waals surface area contributed by atoms with E-state index >= 15 is 0 Å². The molecule has 6 rings (SSSR count). The van der Waals surface area contributed by atoms with Crippen LogP contribution >= 0.6 is 0 Å². The van der Waals surface area contributed by atoms with Gasteiger partial charge in [0.2, 0.25) is 0 Å². The van der Waals surface area contributed by atoms with Gasteiger partial charge in [-0.25, -0.2) is 0 Å². The molecule has 4 N–H and O–H groups in total. The highest BCUT2D eigenvalue weighted by atomic mass is 16.5. The van der Waals surface area contributed by atoms with Crippen LogP contribution in [0, 0.1) is 0 Å². The van der Waals surface area contributed by atoms with E-state index in [1.807, 2.05) is 36.4 Å². The molecule has 0 aliphatic heterocycles. The van der Waals surface area contributed by atoms with Crippen molar-refractivity contribution < 1.29 is 4.74 Å². The summed E-state index contributed by atoms with van der Waals surface area (Å²) in [4.78, 5) is 6.91. The molecule has 33 heavy (non-hydrogen) atoms. The fraction of sp³-hybridized carbons (Fsp3) is 0.0345. The number of fused-ring (bicyclic) bond motifs is 2. The normalized spacial score (nSPS) is 11.4. The number of nitrogens with two attached hydrogens (primary N) is 1. The van der Waals surface area contributed by atoms with E-state index in [0.29, 0.717) is 11.4 Å². The van der Waals surface area contributed by atoms with E-state index in [9.17, 15) is 0 Å². The minimum absolute atomic E-state index is 0.0431. The maximum absolute atomic E-state index is 6.40. The molecule has 0 radical (unpaired) electrons. The van der Waals surface area contributed by atoms with Crippen molar-refractivity contribution in [3.05, 3.63) is 126 Å². The molecule has 0 amide bonds. The average molecular weight is 430 g/mol. The van der Waals surface area contributed by atoms with Gasteiger partial charge < -0.3 is 20.4 Å². The Bertz CT molecular complexity index is 1500. The fourth-order valence-corrected chi connectivity index (χ4v) is 4.67. The Labute approximate surface area is 191 Å². The lowest BCUT2D eigenvalue weighted by atomic mass is 9.84. The first-order valence-corrected chi connectivity index (χ1v) is 11.0. The van der Waals surface area contributed by atoms with E-state index in [0.717, 1.165) is 22.3 Å². The van der Waals surface area contributed by atoms with E-state index < -0.39 is 0 Å². The van der Waals surface area contributed by atoms with Crippen molar-refractivity contribution in [3.63, 3.8) is 0 Å². The predicted octanol–water partition coefficient (Wildman–Crippen LogP) is 7.20. The molecule has 0 saturated heterocycles. The Hall–Kier alpha value is -4.44. The lowest BCUT2D eigenvalue weighted by Gasteiger charge is -2.21. The standard InChI is InChI=1S/C29H23N3O/c30-24-12-4-8-16-28(24)33-27-15-7-3-11-21(27)29(22-17-31-25-13-5-1-9-19(22)25)23-18-32-26-14-6-2-10-20(23)26/h1-18,29,31-32H,30H2. The van der Waals surface area contributed by atoms with Crippen molar-refractivity contribution in [3.8, 4) is 11.5 Å². The fourth-order valence-electron chi connectivity index (χ4n) is 4.67. The molecule has 160 valence electrons. The van der Waals surface area contributed by atoms with Crippen molar-refractivity contribution in [1.29, 1.82) is 0 Å². The number of nitrogens with one attached hydrogen (secondary N) is 2. The summed E-state index contributed by atoms with van der Waals surface area (Å²) in [6.07, 6.45) is 4.23. The zero-order valence-electron chi connectivity index (χ0n) is 18.0. The molecule has 0 bridgehead atoms.